The van der Waals surface area contributed by atoms with E-state index in [1.165, 1.54) is 0 Å². The molecule has 0 aliphatic rings. The molecule has 0 unspecified atom stereocenters. The van der Waals surface area contributed by atoms with Crippen LogP contribution in [0.2, 0.25) is 0 Å². The van der Waals surface area contributed by atoms with Gasteiger partial charge in [0.15, 0.2) is 0 Å². The largest absolute Gasteiger partial charge is 0.399 e. The number of fused-ring (bicyclic) bond motifs is 1. The molecule has 1 aromatic carbocycles. The zero-order chi connectivity index (χ0) is 12.4. The van der Waals surface area contributed by atoms with Gasteiger partial charge in [-0.15, -0.1) is 0 Å². The summed E-state index contributed by atoms with van der Waals surface area (Å²) in [4.78, 5) is 4.06. The molecular weight excluding hydrogens is 224 g/mol. The highest BCUT2D eigenvalue weighted by molar-refractivity contribution is 5.91. The molecule has 0 aliphatic carbocycles. The minimum absolute atomic E-state index is 0.736. The van der Waals surface area contributed by atoms with Crippen molar-refractivity contribution in [2.75, 3.05) is 5.73 Å². The van der Waals surface area contributed by atoms with E-state index >= 15 is 0 Å². The fourth-order valence-electron chi connectivity index (χ4n) is 1.83. The third kappa shape index (κ3) is 1.96. The lowest BCUT2D eigenvalue weighted by atomic mass is 10.1. The van der Waals surface area contributed by atoms with Gasteiger partial charge in [0.2, 0.25) is 0 Å². The van der Waals surface area contributed by atoms with Crippen LogP contribution >= 0.6 is 0 Å². The van der Waals surface area contributed by atoms with Crippen molar-refractivity contribution < 1.29 is 0 Å². The molecule has 0 amide bonds. The van der Waals surface area contributed by atoms with E-state index in [1.807, 2.05) is 42.5 Å². The van der Waals surface area contributed by atoms with Crippen molar-refractivity contribution in [2.45, 2.75) is 0 Å². The number of hydrogen-bond acceptors (Lipinski definition) is 3. The van der Waals surface area contributed by atoms with Crippen LogP contribution in [0, 0.1) is 0 Å². The van der Waals surface area contributed by atoms with Gasteiger partial charge in [0.05, 0.1) is 11.2 Å². The summed E-state index contributed by atoms with van der Waals surface area (Å²) in [5.74, 6) is 0. The Morgan fingerprint density at radius 3 is 2.94 bits per heavy atom. The lowest BCUT2D eigenvalue weighted by molar-refractivity contribution is 1.11. The van der Waals surface area contributed by atoms with Crippen molar-refractivity contribution in [3.63, 3.8) is 0 Å². The SMILES string of the molecule is Nc1ccc2[nH]nc(/C=C/c3cccnc3)c2c1. The summed E-state index contributed by atoms with van der Waals surface area (Å²) < 4.78 is 0. The van der Waals surface area contributed by atoms with Crippen LogP contribution in [0.15, 0.2) is 42.7 Å². The van der Waals surface area contributed by atoms with Gasteiger partial charge in [-0.25, -0.2) is 0 Å². The number of nitrogens with one attached hydrogen (secondary N) is 1. The zero-order valence-corrected chi connectivity index (χ0v) is 9.67. The second-order valence-corrected chi connectivity index (χ2v) is 4.03. The summed E-state index contributed by atoms with van der Waals surface area (Å²) in [7, 11) is 0. The van der Waals surface area contributed by atoms with E-state index in [1.54, 1.807) is 12.4 Å². The number of aromatic nitrogens is 3. The van der Waals surface area contributed by atoms with E-state index in [9.17, 15) is 0 Å². The fraction of sp³-hybridized carbons (Fsp3) is 0. The van der Waals surface area contributed by atoms with Crippen molar-refractivity contribution in [3.8, 4) is 0 Å². The molecule has 18 heavy (non-hydrogen) atoms. The molecule has 0 spiro atoms. The van der Waals surface area contributed by atoms with Crippen LogP contribution in [0.5, 0.6) is 0 Å². The number of hydrogen-bond donors (Lipinski definition) is 2. The van der Waals surface area contributed by atoms with Gasteiger partial charge in [-0.3, -0.25) is 10.1 Å². The Hall–Kier alpha value is -2.62. The average Bonchev–Trinajstić information content (AvgIpc) is 2.80. The molecule has 0 atom stereocenters. The normalized spacial score (nSPS) is 11.3. The third-order valence-electron chi connectivity index (χ3n) is 2.73. The number of pyridine rings is 1. The van der Waals surface area contributed by atoms with Gasteiger partial charge in [0, 0.05) is 23.5 Å². The predicted molar refractivity (Wildman–Crippen MR) is 73.7 cm³/mol. The van der Waals surface area contributed by atoms with E-state index < -0.39 is 0 Å². The summed E-state index contributed by atoms with van der Waals surface area (Å²) in [6.45, 7) is 0. The zero-order valence-electron chi connectivity index (χ0n) is 9.67. The summed E-state index contributed by atoms with van der Waals surface area (Å²) in [6.07, 6.45) is 7.49. The number of nitrogen functional groups attached to an aromatic ring is 1. The number of aromatic amines is 1. The number of H-pyrrole nitrogens is 1. The van der Waals surface area contributed by atoms with Crippen LogP contribution in [0.4, 0.5) is 5.69 Å². The minimum atomic E-state index is 0.736. The highest BCUT2D eigenvalue weighted by Gasteiger charge is 2.02. The molecule has 0 aliphatic heterocycles. The van der Waals surface area contributed by atoms with Crippen LogP contribution < -0.4 is 5.73 Å². The quantitative estimate of drug-likeness (QED) is 0.672. The molecule has 4 nitrogen and oxygen atoms in total. The monoisotopic (exact) mass is 236 g/mol. The Morgan fingerprint density at radius 2 is 2.11 bits per heavy atom. The van der Waals surface area contributed by atoms with Crippen molar-refractivity contribution in [2.24, 2.45) is 0 Å². The highest BCUT2D eigenvalue weighted by Crippen LogP contribution is 2.20. The van der Waals surface area contributed by atoms with Gasteiger partial charge in [-0.2, -0.15) is 5.10 Å². The molecule has 2 aromatic heterocycles. The number of anilines is 1. The van der Waals surface area contributed by atoms with Crippen LogP contribution in [0.25, 0.3) is 23.1 Å². The Bertz CT molecular complexity index is 698. The maximum atomic E-state index is 5.78. The molecule has 0 fully saturated rings. The van der Waals surface area contributed by atoms with E-state index in [4.69, 9.17) is 5.73 Å². The van der Waals surface area contributed by atoms with E-state index in [-0.39, 0.29) is 0 Å². The van der Waals surface area contributed by atoms with Crippen LogP contribution in [0.3, 0.4) is 0 Å². The van der Waals surface area contributed by atoms with Gasteiger partial charge < -0.3 is 5.73 Å². The molecular formula is C14H12N4. The summed E-state index contributed by atoms with van der Waals surface area (Å²) in [6, 6.07) is 9.60. The molecule has 0 bridgehead atoms. The molecule has 88 valence electrons. The number of rotatable bonds is 2. The molecule has 4 heteroatoms. The van der Waals surface area contributed by atoms with E-state index in [2.05, 4.69) is 15.2 Å². The van der Waals surface area contributed by atoms with Gasteiger partial charge in [-0.1, -0.05) is 12.1 Å². The van der Waals surface area contributed by atoms with Crippen molar-refractivity contribution in [1.82, 2.24) is 15.2 Å². The molecule has 3 N–H and O–H groups in total. The lowest BCUT2D eigenvalue weighted by Crippen LogP contribution is -1.82. The molecule has 2 heterocycles. The predicted octanol–water partition coefficient (Wildman–Crippen LogP) is 2.71. The molecule has 0 radical (unpaired) electrons. The maximum absolute atomic E-state index is 5.78. The Morgan fingerprint density at radius 1 is 1.17 bits per heavy atom. The number of benzene rings is 1. The number of nitrogens with zero attached hydrogens (tertiary/aromatic N) is 2. The van der Waals surface area contributed by atoms with Crippen molar-refractivity contribution >= 4 is 28.7 Å². The summed E-state index contributed by atoms with van der Waals surface area (Å²) in [5, 5.41) is 8.27. The topological polar surface area (TPSA) is 67.6 Å². The Labute approximate surface area is 104 Å². The molecule has 3 rings (SSSR count). The minimum Gasteiger partial charge on any atom is -0.399 e. The summed E-state index contributed by atoms with van der Waals surface area (Å²) >= 11 is 0. The Balaban J connectivity index is 2.00. The van der Waals surface area contributed by atoms with Crippen molar-refractivity contribution in [3.05, 3.63) is 54.0 Å². The smallest absolute Gasteiger partial charge is 0.0928 e. The first kappa shape index (κ1) is 10.5. The molecule has 3 aromatic rings. The second kappa shape index (κ2) is 4.33. The van der Waals surface area contributed by atoms with E-state index in [0.717, 1.165) is 27.8 Å². The van der Waals surface area contributed by atoms with Crippen LogP contribution in [0.1, 0.15) is 11.3 Å². The van der Waals surface area contributed by atoms with Crippen LogP contribution in [-0.4, -0.2) is 15.2 Å². The van der Waals surface area contributed by atoms with Crippen LogP contribution in [-0.2, 0) is 0 Å². The lowest BCUT2D eigenvalue weighted by Gasteiger charge is -1.93. The average molecular weight is 236 g/mol. The maximum Gasteiger partial charge on any atom is 0.0928 e. The highest BCUT2D eigenvalue weighted by atomic mass is 15.1. The van der Waals surface area contributed by atoms with Gasteiger partial charge >= 0.3 is 0 Å². The molecule has 0 saturated carbocycles. The third-order valence-corrected chi connectivity index (χ3v) is 2.73. The Kier molecular flexibility index (Phi) is 2.53. The fourth-order valence-corrected chi connectivity index (χ4v) is 1.83. The summed E-state index contributed by atoms with van der Waals surface area (Å²) in [5.41, 5.74) is 9.42. The van der Waals surface area contributed by atoms with Gasteiger partial charge in [0.25, 0.3) is 0 Å². The van der Waals surface area contributed by atoms with Gasteiger partial charge in [0.1, 0.15) is 0 Å². The second-order valence-electron chi connectivity index (χ2n) is 4.03. The van der Waals surface area contributed by atoms with Gasteiger partial charge in [-0.05, 0) is 35.9 Å². The standard InChI is InChI=1S/C14H12N4/c15-11-4-6-14-12(8-11)13(17-18-14)5-3-10-2-1-7-16-9-10/h1-9H,15H2,(H,17,18)/b5-3+. The first-order valence-corrected chi connectivity index (χ1v) is 5.65. The first-order chi connectivity index (χ1) is 8.83. The first-order valence-electron chi connectivity index (χ1n) is 5.65. The number of nitrogens with two attached hydrogens (primary N) is 1. The molecule has 0 saturated heterocycles. The van der Waals surface area contributed by atoms with E-state index in [0.29, 0.717) is 0 Å². The van der Waals surface area contributed by atoms with Crippen molar-refractivity contribution in [1.29, 1.82) is 0 Å².